The molecule has 2 amide bonds. The van der Waals surface area contributed by atoms with Gasteiger partial charge in [0.1, 0.15) is 5.82 Å². The first-order valence-electron chi connectivity index (χ1n) is 9.42. The highest BCUT2D eigenvalue weighted by atomic mass is 32.2. The predicted octanol–water partition coefficient (Wildman–Crippen LogP) is 0.0111. The van der Waals surface area contributed by atoms with Gasteiger partial charge in [0.2, 0.25) is 10.0 Å². The molecule has 0 spiro atoms. The lowest BCUT2D eigenvalue weighted by Crippen LogP contribution is -3.15. The molecule has 0 unspecified atom stereocenters. The van der Waals surface area contributed by atoms with Crippen LogP contribution in [-0.2, 0) is 10.0 Å². The van der Waals surface area contributed by atoms with E-state index in [-0.39, 0.29) is 16.7 Å². The first-order valence-corrected chi connectivity index (χ1v) is 10.9. The fraction of sp³-hybridized carbons (Fsp3) is 0.300. The second kappa shape index (κ2) is 7.66. The Morgan fingerprint density at radius 1 is 0.897 bits per heavy atom. The minimum absolute atomic E-state index is 0.0772. The van der Waals surface area contributed by atoms with Crippen molar-refractivity contribution in [1.82, 2.24) is 9.21 Å². The van der Waals surface area contributed by atoms with Crippen LogP contribution in [0.25, 0.3) is 0 Å². The Morgan fingerprint density at radius 2 is 1.45 bits per heavy atom. The predicted molar refractivity (Wildman–Crippen MR) is 103 cm³/mol. The molecule has 2 aromatic carbocycles. The van der Waals surface area contributed by atoms with E-state index in [4.69, 9.17) is 0 Å². The largest absolute Gasteiger partial charge is 0.331 e. The summed E-state index contributed by atoms with van der Waals surface area (Å²) in [6, 6.07) is 11.6. The molecule has 29 heavy (non-hydrogen) atoms. The molecular formula is C20H21FN3O4S+. The molecule has 9 heteroatoms. The zero-order chi connectivity index (χ0) is 20.6. The van der Waals surface area contributed by atoms with E-state index >= 15 is 0 Å². The number of nitrogens with zero attached hydrogens (tertiary/aromatic N) is 2. The number of hydrogen-bond acceptors (Lipinski definition) is 4. The molecule has 0 atom stereocenters. The first-order chi connectivity index (χ1) is 13.9. The lowest BCUT2D eigenvalue weighted by molar-refractivity contribution is -0.902. The summed E-state index contributed by atoms with van der Waals surface area (Å²) in [7, 11) is -3.65. The van der Waals surface area contributed by atoms with Gasteiger partial charge in [-0.1, -0.05) is 12.1 Å². The Kier molecular flexibility index (Phi) is 5.20. The number of nitrogens with one attached hydrogen (secondary N) is 1. The van der Waals surface area contributed by atoms with Gasteiger partial charge in [0, 0.05) is 0 Å². The lowest BCUT2D eigenvalue weighted by Gasteiger charge is -2.32. The fourth-order valence-corrected chi connectivity index (χ4v) is 5.20. The Labute approximate surface area is 168 Å². The Hall–Kier alpha value is -2.62. The van der Waals surface area contributed by atoms with Crippen LogP contribution in [0.4, 0.5) is 4.39 Å². The van der Waals surface area contributed by atoms with E-state index in [1.807, 2.05) is 0 Å². The molecule has 0 bridgehead atoms. The number of fused-ring (bicyclic) bond motifs is 1. The molecule has 0 aliphatic carbocycles. The molecule has 152 valence electrons. The number of benzene rings is 2. The Morgan fingerprint density at radius 3 is 2.00 bits per heavy atom. The molecule has 0 saturated carbocycles. The summed E-state index contributed by atoms with van der Waals surface area (Å²) >= 11 is 0. The average molecular weight is 418 g/mol. The first kappa shape index (κ1) is 19.7. The van der Waals surface area contributed by atoms with Crippen LogP contribution >= 0.6 is 0 Å². The van der Waals surface area contributed by atoms with Gasteiger partial charge in [-0.15, -0.1) is 0 Å². The van der Waals surface area contributed by atoms with Gasteiger partial charge in [-0.05, 0) is 36.4 Å². The van der Waals surface area contributed by atoms with E-state index in [1.165, 1.54) is 21.3 Å². The second-order valence-corrected chi connectivity index (χ2v) is 9.10. The molecule has 1 N–H and O–H groups in total. The van der Waals surface area contributed by atoms with Gasteiger partial charge in [0.25, 0.3) is 11.8 Å². The standard InChI is InChI=1S/C20H20FN3O4S/c21-15-5-7-16(8-6-15)29(27,28)23-12-9-22(10-13-23)11-14-24-19(25)17-3-1-2-4-18(17)20(24)26/h1-8H,9-14H2/p+1. The molecule has 7 nitrogen and oxygen atoms in total. The van der Waals surface area contributed by atoms with E-state index in [2.05, 4.69) is 0 Å². The zero-order valence-electron chi connectivity index (χ0n) is 15.7. The van der Waals surface area contributed by atoms with Crippen LogP contribution in [-0.4, -0.2) is 68.7 Å². The van der Waals surface area contributed by atoms with E-state index in [0.29, 0.717) is 50.4 Å². The van der Waals surface area contributed by atoms with Crippen molar-refractivity contribution in [2.45, 2.75) is 4.90 Å². The van der Waals surface area contributed by atoms with Crippen molar-refractivity contribution in [3.63, 3.8) is 0 Å². The average Bonchev–Trinajstić information content (AvgIpc) is 2.97. The van der Waals surface area contributed by atoms with Crippen molar-refractivity contribution in [3.05, 3.63) is 65.5 Å². The monoisotopic (exact) mass is 418 g/mol. The minimum atomic E-state index is -3.65. The summed E-state index contributed by atoms with van der Waals surface area (Å²) in [5.74, 6) is -1.03. The van der Waals surface area contributed by atoms with Gasteiger partial charge in [0.05, 0.1) is 55.3 Å². The zero-order valence-corrected chi connectivity index (χ0v) is 16.5. The van der Waals surface area contributed by atoms with Crippen molar-refractivity contribution in [3.8, 4) is 0 Å². The second-order valence-electron chi connectivity index (χ2n) is 7.17. The molecule has 1 fully saturated rings. The Balaban J connectivity index is 1.33. The number of hydrogen-bond donors (Lipinski definition) is 1. The number of carbonyl (C=O) groups is 2. The molecule has 2 aromatic rings. The highest BCUT2D eigenvalue weighted by Gasteiger charge is 2.36. The van der Waals surface area contributed by atoms with Crippen molar-refractivity contribution >= 4 is 21.8 Å². The molecular weight excluding hydrogens is 397 g/mol. The van der Waals surface area contributed by atoms with Crippen molar-refractivity contribution < 1.29 is 27.3 Å². The maximum absolute atomic E-state index is 13.1. The number of imide groups is 1. The maximum Gasteiger partial charge on any atom is 0.261 e. The van der Waals surface area contributed by atoms with Crippen LogP contribution in [0.5, 0.6) is 0 Å². The van der Waals surface area contributed by atoms with Gasteiger partial charge in [-0.2, -0.15) is 4.31 Å². The quantitative estimate of drug-likeness (QED) is 0.694. The van der Waals surface area contributed by atoms with Crippen LogP contribution in [0.3, 0.4) is 0 Å². The van der Waals surface area contributed by atoms with E-state index < -0.39 is 15.8 Å². The van der Waals surface area contributed by atoms with Crippen LogP contribution < -0.4 is 4.90 Å². The van der Waals surface area contributed by atoms with Crippen LogP contribution in [0.15, 0.2) is 53.4 Å². The third-order valence-electron chi connectivity index (χ3n) is 5.45. The molecule has 0 radical (unpaired) electrons. The van der Waals surface area contributed by atoms with Gasteiger partial charge < -0.3 is 4.90 Å². The summed E-state index contributed by atoms with van der Waals surface area (Å²) in [4.78, 5) is 27.3. The fourth-order valence-electron chi connectivity index (χ4n) is 3.76. The number of quaternary nitrogens is 1. The molecule has 4 rings (SSSR count). The van der Waals surface area contributed by atoms with E-state index in [1.54, 1.807) is 24.3 Å². The normalized spacial score (nSPS) is 18.3. The Bertz CT molecular complexity index is 1010. The summed E-state index contributed by atoms with van der Waals surface area (Å²) in [6.07, 6.45) is 0. The van der Waals surface area contributed by atoms with Gasteiger partial charge in [-0.25, -0.2) is 12.8 Å². The van der Waals surface area contributed by atoms with Gasteiger partial charge in [-0.3, -0.25) is 14.5 Å². The van der Waals surface area contributed by atoms with Crippen molar-refractivity contribution in [2.75, 3.05) is 39.3 Å². The summed E-state index contributed by atoms with van der Waals surface area (Å²) < 4.78 is 39.8. The molecule has 1 saturated heterocycles. The topological polar surface area (TPSA) is 79.2 Å². The summed E-state index contributed by atoms with van der Waals surface area (Å²) in [5.41, 5.74) is 0.866. The van der Waals surface area contributed by atoms with E-state index in [0.717, 1.165) is 17.0 Å². The minimum Gasteiger partial charge on any atom is -0.331 e. The van der Waals surface area contributed by atoms with E-state index in [9.17, 15) is 22.4 Å². The smallest absolute Gasteiger partial charge is 0.261 e. The number of rotatable bonds is 5. The molecule has 2 aliphatic heterocycles. The third-order valence-corrected chi connectivity index (χ3v) is 7.36. The van der Waals surface area contributed by atoms with Crippen molar-refractivity contribution in [1.29, 1.82) is 0 Å². The molecule has 0 aromatic heterocycles. The SMILES string of the molecule is O=C1c2ccccc2C(=O)N1CC[NH+]1CCN(S(=O)(=O)c2ccc(F)cc2)CC1. The number of sulfonamides is 1. The number of carbonyl (C=O) groups excluding carboxylic acids is 2. The number of halogens is 1. The lowest BCUT2D eigenvalue weighted by atomic mass is 10.1. The highest BCUT2D eigenvalue weighted by Crippen LogP contribution is 2.21. The summed E-state index contributed by atoms with van der Waals surface area (Å²) in [5, 5.41) is 0. The summed E-state index contributed by atoms with van der Waals surface area (Å²) in [6.45, 7) is 2.67. The number of piperazine rings is 1. The van der Waals surface area contributed by atoms with Crippen molar-refractivity contribution in [2.24, 2.45) is 0 Å². The maximum atomic E-state index is 13.1. The number of amides is 2. The van der Waals surface area contributed by atoms with Gasteiger partial charge >= 0.3 is 0 Å². The van der Waals surface area contributed by atoms with Crippen LogP contribution in [0.1, 0.15) is 20.7 Å². The third kappa shape index (κ3) is 3.68. The van der Waals surface area contributed by atoms with Crippen LogP contribution in [0.2, 0.25) is 0 Å². The van der Waals surface area contributed by atoms with Gasteiger partial charge in [0.15, 0.2) is 0 Å². The molecule has 2 aliphatic rings. The molecule has 2 heterocycles. The van der Waals surface area contributed by atoms with Crippen LogP contribution in [0, 0.1) is 5.82 Å². The highest BCUT2D eigenvalue weighted by molar-refractivity contribution is 7.89.